The molecular weight excluding hydrogens is 424 g/mol. The van der Waals surface area contributed by atoms with E-state index in [1.54, 1.807) is 19.1 Å². The summed E-state index contributed by atoms with van der Waals surface area (Å²) in [5, 5.41) is 1.95. The maximum absolute atomic E-state index is 13.0. The number of ether oxygens (including phenoxy) is 2. The maximum Gasteiger partial charge on any atom is 0.338 e. The minimum Gasteiger partial charge on any atom is -0.462 e. The molecule has 3 aromatic rings. The third-order valence-corrected chi connectivity index (χ3v) is 7.15. The number of carbonyl (C=O) groups excluding carboxylic acids is 2. The molecule has 3 aromatic carbocycles. The molecule has 0 aliphatic heterocycles. The van der Waals surface area contributed by atoms with Crippen LogP contribution in [0.2, 0.25) is 0 Å². The van der Waals surface area contributed by atoms with E-state index in [9.17, 15) is 9.59 Å². The second-order valence-corrected chi connectivity index (χ2v) is 10.4. The van der Waals surface area contributed by atoms with E-state index in [0.29, 0.717) is 24.3 Å². The minimum absolute atomic E-state index is 0.0482. The summed E-state index contributed by atoms with van der Waals surface area (Å²) in [5.41, 5.74) is 5.71. The second-order valence-electron chi connectivity index (χ2n) is 10.4. The highest BCUT2D eigenvalue weighted by atomic mass is 16.5. The van der Waals surface area contributed by atoms with Gasteiger partial charge in [-0.2, -0.15) is 0 Å². The fourth-order valence-corrected chi connectivity index (χ4v) is 4.98. The van der Waals surface area contributed by atoms with Crippen LogP contribution in [-0.4, -0.2) is 25.2 Å². The average molecular weight is 459 g/mol. The highest BCUT2D eigenvalue weighted by Crippen LogP contribution is 2.47. The Bertz CT molecular complexity index is 1250. The van der Waals surface area contributed by atoms with Gasteiger partial charge in [0.25, 0.3) is 0 Å². The van der Waals surface area contributed by atoms with Gasteiger partial charge in [0.05, 0.1) is 24.3 Å². The molecule has 0 radical (unpaired) electrons. The van der Waals surface area contributed by atoms with Gasteiger partial charge >= 0.3 is 11.9 Å². The third kappa shape index (κ3) is 4.34. The van der Waals surface area contributed by atoms with Crippen LogP contribution in [-0.2, 0) is 20.3 Å². The van der Waals surface area contributed by atoms with Crippen molar-refractivity contribution < 1.29 is 19.1 Å². The van der Waals surface area contributed by atoms with Crippen molar-refractivity contribution in [3.8, 4) is 11.1 Å². The summed E-state index contributed by atoms with van der Waals surface area (Å²) in [7, 11) is 0. The highest BCUT2D eigenvalue weighted by Gasteiger charge is 2.37. The summed E-state index contributed by atoms with van der Waals surface area (Å²) in [6.45, 7) is 13.5. The Morgan fingerprint density at radius 2 is 1.29 bits per heavy atom. The lowest BCUT2D eigenvalue weighted by atomic mass is 9.62. The van der Waals surface area contributed by atoms with Gasteiger partial charge < -0.3 is 9.47 Å². The van der Waals surface area contributed by atoms with Gasteiger partial charge in [-0.15, -0.1) is 0 Å². The Morgan fingerprint density at radius 1 is 0.735 bits per heavy atom. The Morgan fingerprint density at radius 3 is 1.88 bits per heavy atom. The summed E-state index contributed by atoms with van der Waals surface area (Å²) in [4.78, 5) is 25.1. The van der Waals surface area contributed by atoms with Crippen molar-refractivity contribution in [3.63, 3.8) is 0 Å². The molecule has 0 aromatic heterocycles. The molecule has 1 aliphatic carbocycles. The molecule has 0 saturated heterocycles. The Kier molecular flexibility index (Phi) is 6.28. The third-order valence-electron chi connectivity index (χ3n) is 7.15. The van der Waals surface area contributed by atoms with Crippen LogP contribution in [0.3, 0.4) is 0 Å². The molecule has 0 bridgehead atoms. The van der Waals surface area contributed by atoms with Crippen molar-refractivity contribution in [1.29, 1.82) is 0 Å². The first-order chi connectivity index (χ1) is 16.1. The van der Waals surface area contributed by atoms with Crippen LogP contribution in [0.5, 0.6) is 0 Å². The van der Waals surface area contributed by atoms with Crippen molar-refractivity contribution in [2.24, 2.45) is 0 Å². The van der Waals surface area contributed by atoms with E-state index in [-0.39, 0.29) is 22.8 Å². The van der Waals surface area contributed by atoms with Gasteiger partial charge in [0.15, 0.2) is 0 Å². The van der Waals surface area contributed by atoms with Crippen LogP contribution < -0.4 is 0 Å². The van der Waals surface area contributed by atoms with Gasteiger partial charge in [-0.1, -0.05) is 45.9 Å². The van der Waals surface area contributed by atoms with Crippen LogP contribution >= 0.6 is 0 Å². The molecule has 34 heavy (non-hydrogen) atoms. The van der Waals surface area contributed by atoms with E-state index in [1.165, 1.54) is 11.1 Å². The number of hydrogen-bond acceptors (Lipinski definition) is 4. The van der Waals surface area contributed by atoms with E-state index in [4.69, 9.17) is 9.47 Å². The summed E-state index contributed by atoms with van der Waals surface area (Å²) < 4.78 is 10.5. The molecule has 0 unspecified atom stereocenters. The van der Waals surface area contributed by atoms with Crippen molar-refractivity contribution in [1.82, 2.24) is 0 Å². The molecule has 178 valence electrons. The minimum atomic E-state index is -0.337. The van der Waals surface area contributed by atoms with Crippen LogP contribution in [0.4, 0.5) is 0 Å². The van der Waals surface area contributed by atoms with Gasteiger partial charge in [-0.25, -0.2) is 9.59 Å². The quantitative estimate of drug-likeness (QED) is 0.379. The van der Waals surface area contributed by atoms with E-state index in [1.807, 2.05) is 25.1 Å². The SMILES string of the molecule is CCOC(=O)c1ccc(-c2cc(C(=O)OCC)c3cc4c(cc3c2)C(C)(C)CCC4(C)C)cc1. The van der Waals surface area contributed by atoms with Crippen molar-refractivity contribution in [3.05, 3.63) is 70.8 Å². The van der Waals surface area contributed by atoms with Gasteiger partial charge in [0.2, 0.25) is 0 Å². The molecule has 4 rings (SSSR count). The van der Waals surface area contributed by atoms with Gasteiger partial charge in [-0.05, 0) is 101 Å². The number of benzene rings is 3. The molecule has 0 N–H and O–H groups in total. The average Bonchev–Trinajstić information content (AvgIpc) is 2.81. The number of hydrogen-bond donors (Lipinski definition) is 0. The first-order valence-electron chi connectivity index (χ1n) is 12.1. The zero-order valence-electron chi connectivity index (χ0n) is 21.1. The van der Waals surface area contributed by atoms with E-state index in [2.05, 4.69) is 45.9 Å². The molecule has 1 aliphatic rings. The predicted molar refractivity (Wildman–Crippen MR) is 137 cm³/mol. The lowest BCUT2D eigenvalue weighted by Crippen LogP contribution is -2.33. The predicted octanol–water partition coefficient (Wildman–Crippen LogP) is 7.21. The van der Waals surface area contributed by atoms with E-state index >= 15 is 0 Å². The number of carbonyl (C=O) groups is 2. The Labute approximate surface area is 202 Å². The van der Waals surface area contributed by atoms with Crippen LogP contribution in [0, 0.1) is 0 Å². The monoisotopic (exact) mass is 458 g/mol. The fraction of sp³-hybridized carbons (Fsp3) is 0.400. The number of rotatable bonds is 5. The van der Waals surface area contributed by atoms with Crippen molar-refractivity contribution in [2.45, 2.75) is 65.2 Å². The molecular formula is C30H34O4. The zero-order chi connectivity index (χ0) is 24.7. The summed E-state index contributed by atoms with van der Waals surface area (Å²) >= 11 is 0. The molecule has 4 nitrogen and oxygen atoms in total. The molecule has 0 heterocycles. The second kappa shape index (κ2) is 8.90. The Balaban J connectivity index is 1.91. The number of esters is 2. The number of fused-ring (bicyclic) bond motifs is 2. The van der Waals surface area contributed by atoms with Crippen LogP contribution in [0.1, 0.15) is 86.2 Å². The first-order valence-corrected chi connectivity index (χ1v) is 12.1. The molecule has 0 atom stereocenters. The van der Waals surface area contributed by atoms with Crippen molar-refractivity contribution in [2.75, 3.05) is 13.2 Å². The smallest absolute Gasteiger partial charge is 0.338 e. The molecule has 0 saturated carbocycles. The molecule has 0 fully saturated rings. The van der Waals surface area contributed by atoms with Gasteiger partial charge in [-0.3, -0.25) is 0 Å². The lowest BCUT2D eigenvalue weighted by molar-refractivity contribution is 0.0518. The Hall–Kier alpha value is -3.14. The first kappa shape index (κ1) is 24.0. The van der Waals surface area contributed by atoms with Crippen LogP contribution in [0.25, 0.3) is 21.9 Å². The summed E-state index contributed by atoms with van der Waals surface area (Å²) in [6, 6.07) is 15.8. The van der Waals surface area contributed by atoms with Crippen molar-refractivity contribution >= 4 is 22.7 Å². The normalized spacial score (nSPS) is 16.1. The molecule has 0 amide bonds. The highest BCUT2D eigenvalue weighted by molar-refractivity contribution is 6.07. The molecule has 0 spiro atoms. The topological polar surface area (TPSA) is 52.6 Å². The standard InChI is InChI=1S/C30H34O4/c1-7-33-27(31)20-11-9-19(10-12-20)21-15-22-17-25-26(30(5,6)14-13-29(25,3)4)18-23(22)24(16-21)28(32)34-8-2/h9-12,15-18H,7-8,13-14H2,1-6H3. The largest absolute Gasteiger partial charge is 0.462 e. The van der Waals surface area contributed by atoms with Gasteiger partial charge in [0, 0.05) is 0 Å². The summed E-state index contributed by atoms with van der Waals surface area (Å²) in [5.74, 6) is -0.651. The summed E-state index contributed by atoms with van der Waals surface area (Å²) in [6.07, 6.45) is 2.23. The fourth-order valence-electron chi connectivity index (χ4n) is 4.98. The van der Waals surface area contributed by atoms with Crippen LogP contribution in [0.15, 0.2) is 48.5 Å². The molecule has 4 heteroatoms. The van der Waals surface area contributed by atoms with E-state index < -0.39 is 0 Å². The maximum atomic E-state index is 13.0. The zero-order valence-corrected chi connectivity index (χ0v) is 21.1. The lowest BCUT2D eigenvalue weighted by Gasteiger charge is -2.42. The van der Waals surface area contributed by atoms with Gasteiger partial charge in [0.1, 0.15) is 0 Å². The van der Waals surface area contributed by atoms with E-state index in [0.717, 1.165) is 34.7 Å².